The lowest BCUT2D eigenvalue weighted by Crippen LogP contribution is -2.42. The first kappa shape index (κ1) is 16.0. The number of carbonyl (C=O) groups is 1. The van der Waals surface area contributed by atoms with Crippen molar-refractivity contribution in [1.29, 1.82) is 0 Å². The Labute approximate surface area is 152 Å². The maximum absolute atomic E-state index is 13.4. The van der Waals surface area contributed by atoms with Crippen LogP contribution >= 0.6 is 0 Å². The van der Waals surface area contributed by atoms with Gasteiger partial charge in [0, 0.05) is 41.3 Å². The van der Waals surface area contributed by atoms with E-state index in [-0.39, 0.29) is 16.9 Å². The summed E-state index contributed by atoms with van der Waals surface area (Å²) in [5, 5.41) is 13.1. The molecule has 5 rings (SSSR count). The van der Waals surface area contributed by atoms with Crippen LogP contribution in [0.1, 0.15) is 15.9 Å². The Morgan fingerprint density at radius 3 is 2.26 bits per heavy atom. The van der Waals surface area contributed by atoms with Crippen molar-refractivity contribution in [3.8, 4) is 5.75 Å². The number of hydrogen-bond acceptors (Lipinski definition) is 6. The number of ketones is 1. The molecule has 4 aromatic rings. The van der Waals surface area contributed by atoms with E-state index in [2.05, 4.69) is 0 Å². The van der Waals surface area contributed by atoms with Crippen molar-refractivity contribution in [1.82, 2.24) is 0 Å². The third kappa shape index (κ3) is 1.71. The van der Waals surface area contributed by atoms with Crippen LogP contribution < -0.4 is 5.63 Å². The highest BCUT2D eigenvalue weighted by Gasteiger charge is 2.49. The highest BCUT2D eigenvalue weighted by Crippen LogP contribution is 2.49. The molecular weight excluding hydrogens is 348 g/mol. The molecule has 6 nitrogen and oxygen atoms in total. The Balaban J connectivity index is 2.22. The van der Waals surface area contributed by atoms with Gasteiger partial charge in [-0.1, -0.05) is 36.4 Å². The zero-order chi connectivity index (χ0) is 18.9. The third-order valence-corrected chi connectivity index (χ3v) is 5.33. The molecule has 1 aliphatic rings. The van der Waals surface area contributed by atoms with Gasteiger partial charge in [-0.2, -0.15) is 0 Å². The average Bonchev–Trinajstić information content (AvgIpc) is 2.70. The van der Waals surface area contributed by atoms with E-state index in [1.807, 2.05) is 0 Å². The summed E-state index contributed by atoms with van der Waals surface area (Å²) in [6.45, 7) is 0. The molecule has 0 fully saturated rings. The standard InChI is InChI=1S/C21H14O6/c1-25-21(26-2)13-9-5-8-12-14(13)15-16(19(21)23)17(22)10-6-3-4-7-11(10)18(15)27-20(12)24/h3-9,22H,1-2H3. The number of phenols is 1. The normalized spacial score (nSPS) is 15.3. The second-order valence-corrected chi connectivity index (χ2v) is 6.44. The summed E-state index contributed by atoms with van der Waals surface area (Å²) in [5.74, 6) is -2.49. The van der Waals surface area contributed by atoms with E-state index in [9.17, 15) is 14.7 Å². The maximum Gasteiger partial charge on any atom is 0.344 e. The fraction of sp³-hybridized carbons (Fsp3) is 0.143. The molecule has 27 heavy (non-hydrogen) atoms. The van der Waals surface area contributed by atoms with Gasteiger partial charge in [0.2, 0.25) is 5.78 Å². The first-order chi connectivity index (χ1) is 13.0. The Kier molecular flexibility index (Phi) is 3.05. The third-order valence-electron chi connectivity index (χ3n) is 5.33. The second kappa shape index (κ2) is 5.16. The van der Waals surface area contributed by atoms with Crippen LogP contribution in [0.2, 0.25) is 0 Å². The van der Waals surface area contributed by atoms with Crippen LogP contribution in [0.25, 0.3) is 32.5 Å². The predicted octanol–water partition coefficient (Wildman–Crippen LogP) is 3.45. The average molecular weight is 362 g/mol. The van der Waals surface area contributed by atoms with Gasteiger partial charge in [0.05, 0.1) is 10.9 Å². The minimum absolute atomic E-state index is 0.0276. The van der Waals surface area contributed by atoms with Crippen molar-refractivity contribution in [2.45, 2.75) is 5.79 Å². The van der Waals surface area contributed by atoms with E-state index in [0.717, 1.165) is 0 Å². The predicted molar refractivity (Wildman–Crippen MR) is 99.2 cm³/mol. The van der Waals surface area contributed by atoms with Gasteiger partial charge >= 0.3 is 5.63 Å². The molecule has 1 aromatic heterocycles. The summed E-state index contributed by atoms with van der Waals surface area (Å²) in [5.41, 5.74) is 0.170. The molecule has 0 atom stereocenters. The first-order valence-electron chi connectivity index (χ1n) is 8.34. The van der Waals surface area contributed by atoms with E-state index in [4.69, 9.17) is 13.9 Å². The number of hydrogen-bond donors (Lipinski definition) is 1. The zero-order valence-corrected chi connectivity index (χ0v) is 14.5. The smallest absolute Gasteiger partial charge is 0.344 e. The summed E-state index contributed by atoms with van der Waals surface area (Å²) in [6.07, 6.45) is 0. The lowest BCUT2D eigenvalue weighted by Gasteiger charge is -2.34. The molecule has 0 saturated heterocycles. The van der Waals surface area contributed by atoms with Gasteiger partial charge in [-0.3, -0.25) is 4.79 Å². The Bertz CT molecular complexity index is 1340. The molecule has 0 amide bonds. The summed E-state index contributed by atoms with van der Waals surface area (Å²) in [7, 11) is 2.71. The van der Waals surface area contributed by atoms with Crippen molar-refractivity contribution in [2.75, 3.05) is 14.2 Å². The summed E-state index contributed by atoms with van der Waals surface area (Å²) >= 11 is 0. The number of phenolic OH excluding ortho intramolecular Hbond substituents is 1. The van der Waals surface area contributed by atoms with Crippen LogP contribution in [0.15, 0.2) is 51.7 Å². The van der Waals surface area contributed by atoms with Gasteiger partial charge < -0.3 is 19.0 Å². The Morgan fingerprint density at radius 2 is 1.56 bits per heavy atom. The Hall–Kier alpha value is -3.22. The van der Waals surface area contributed by atoms with E-state index in [1.54, 1.807) is 42.5 Å². The van der Waals surface area contributed by atoms with Crippen LogP contribution in [-0.4, -0.2) is 25.1 Å². The molecule has 0 radical (unpaired) electrons. The van der Waals surface area contributed by atoms with Crippen molar-refractivity contribution in [3.05, 3.63) is 64.0 Å². The number of methoxy groups -OCH3 is 2. The fourth-order valence-corrected chi connectivity index (χ4v) is 4.14. The van der Waals surface area contributed by atoms with Gasteiger partial charge in [0.15, 0.2) is 0 Å². The lowest BCUT2D eigenvalue weighted by molar-refractivity contribution is -0.175. The number of aromatic hydroxyl groups is 1. The van der Waals surface area contributed by atoms with Crippen LogP contribution in [-0.2, 0) is 15.3 Å². The van der Waals surface area contributed by atoms with Crippen molar-refractivity contribution >= 4 is 38.3 Å². The number of Topliss-reactive ketones (excluding diaryl/α,β-unsaturated/α-hetero) is 1. The highest BCUT2D eigenvalue weighted by molar-refractivity contribution is 6.30. The minimum Gasteiger partial charge on any atom is -0.507 e. The maximum atomic E-state index is 13.4. The molecule has 0 saturated carbocycles. The van der Waals surface area contributed by atoms with E-state index >= 15 is 0 Å². The molecule has 6 heteroatoms. The van der Waals surface area contributed by atoms with E-state index < -0.39 is 17.2 Å². The molecule has 1 heterocycles. The van der Waals surface area contributed by atoms with Gasteiger partial charge in [0.1, 0.15) is 11.3 Å². The number of carbonyl (C=O) groups excluding carboxylic acids is 1. The molecule has 0 spiro atoms. The lowest BCUT2D eigenvalue weighted by atomic mass is 9.81. The van der Waals surface area contributed by atoms with Crippen LogP contribution in [0.5, 0.6) is 5.75 Å². The quantitative estimate of drug-likeness (QED) is 0.334. The summed E-state index contributed by atoms with van der Waals surface area (Å²) < 4.78 is 16.6. The number of benzene rings is 3. The fourth-order valence-electron chi connectivity index (χ4n) is 4.14. The molecule has 0 aliphatic heterocycles. The number of ether oxygens (including phenoxy) is 2. The topological polar surface area (TPSA) is 86.0 Å². The van der Waals surface area contributed by atoms with Crippen LogP contribution in [0, 0.1) is 0 Å². The number of rotatable bonds is 2. The number of fused-ring (bicyclic) bond motifs is 2. The molecule has 134 valence electrons. The SMILES string of the molecule is COC1(OC)C(=O)c2c(O)c3ccccc3c3oc(=O)c4cccc1c4c23. The molecule has 1 aliphatic carbocycles. The van der Waals surface area contributed by atoms with E-state index in [1.165, 1.54) is 14.2 Å². The van der Waals surface area contributed by atoms with Gasteiger partial charge in [0.25, 0.3) is 5.79 Å². The summed E-state index contributed by atoms with van der Waals surface area (Å²) in [4.78, 5) is 26.1. The van der Waals surface area contributed by atoms with Gasteiger partial charge in [-0.05, 0) is 6.07 Å². The first-order valence-corrected chi connectivity index (χ1v) is 8.34. The molecule has 0 unspecified atom stereocenters. The van der Waals surface area contributed by atoms with Crippen LogP contribution in [0.4, 0.5) is 0 Å². The largest absolute Gasteiger partial charge is 0.507 e. The molecule has 0 bridgehead atoms. The highest BCUT2D eigenvalue weighted by atomic mass is 16.7. The summed E-state index contributed by atoms with van der Waals surface area (Å²) in [6, 6.07) is 11.9. The van der Waals surface area contributed by atoms with Crippen molar-refractivity contribution in [3.63, 3.8) is 0 Å². The monoisotopic (exact) mass is 362 g/mol. The van der Waals surface area contributed by atoms with Gasteiger partial charge in [-0.15, -0.1) is 0 Å². The van der Waals surface area contributed by atoms with Crippen LogP contribution in [0.3, 0.4) is 0 Å². The minimum atomic E-state index is -1.76. The zero-order valence-electron chi connectivity index (χ0n) is 14.5. The van der Waals surface area contributed by atoms with Crippen molar-refractivity contribution in [2.24, 2.45) is 0 Å². The second-order valence-electron chi connectivity index (χ2n) is 6.44. The molecular formula is C21H14O6. The van der Waals surface area contributed by atoms with Gasteiger partial charge in [-0.25, -0.2) is 4.79 Å². The molecule has 1 N–H and O–H groups in total. The van der Waals surface area contributed by atoms with Crippen molar-refractivity contribution < 1.29 is 23.8 Å². The van der Waals surface area contributed by atoms with E-state index in [0.29, 0.717) is 32.5 Å². The Morgan fingerprint density at radius 1 is 0.889 bits per heavy atom. The molecule has 3 aromatic carbocycles.